The summed E-state index contributed by atoms with van der Waals surface area (Å²) in [6.45, 7) is 2.41. The topological polar surface area (TPSA) is 93.9 Å². The highest BCUT2D eigenvalue weighted by atomic mass is 16.2. The van der Waals surface area contributed by atoms with E-state index in [2.05, 4.69) is 31.6 Å². The van der Waals surface area contributed by atoms with Gasteiger partial charge in [-0.15, -0.1) is 0 Å². The smallest absolute Gasteiger partial charge is 0.315 e. The molecule has 0 spiro atoms. The van der Waals surface area contributed by atoms with E-state index in [1.165, 1.54) is 38.5 Å². The van der Waals surface area contributed by atoms with Crippen molar-refractivity contribution in [2.45, 2.75) is 56.9 Å². The minimum absolute atomic E-state index is 0.0232. The predicted octanol–water partition coefficient (Wildman–Crippen LogP) is 2.83. The number of anilines is 1. The van der Waals surface area contributed by atoms with E-state index in [0.717, 1.165) is 50.2 Å². The predicted molar refractivity (Wildman–Crippen MR) is 109 cm³/mol. The van der Waals surface area contributed by atoms with Crippen LogP contribution >= 0.6 is 0 Å². The number of nitrogens with one attached hydrogen (secondary N) is 2. The van der Waals surface area contributed by atoms with E-state index in [0.29, 0.717) is 17.4 Å². The first-order chi connectivity index (χ1) is 14.1. The highest BCUT2D eigenvalue weighted by Crippen LogP contribution is 2.55. The van der Waals surface area contributed by atoms with Crippen LogP contribution in [-0.4, -0.2) is 41.2 Å². The van der Waals surface area contributed by atoms with Crippen LogP contribution in [0.4, 0.5) is 10.6 Å². The molecule has 1 aromatic rings. The molecule has 7 heteroatoms. The first-order valence-electron chi connectivity index (χ1n) is 11.1. The molecule has 0 radical (unpaired) electrons. The lowest BCUT2D eigenvalue weighted by Crippen LogP contribution is -2.61. The number of piperidine rings is 1. The third kappa shape index (κ3) is 3.77. The lowest BCUT2D eigenvalue weighted by atomic mass is 9.53. The second-order valence-corrected chi connectivity index (χ2v) is 9.80. The molecule has 4 aliphatic carbocycles. The monoisotopic (exact) mass is 394 g/mol. The Bertz CT molecular complexity index is 774. The Balaban J connectivity index is 1.10. The fourth-order valence-electron chi connectivity index (χ4n) is 6.78. The van der Waals surface area contributed by atoms with Crippen LogP contribution in [0.2, 0.25) is 0 Å². The standard InChI is InChI=1S/C22H30N6O/c23-13-19-20(25-4-3-24-19)28-5-1-15(2-6-28)14-26-21(29)27-22-10-16-7-17(11-22)9-18(8-16)12-22/h3-4,15-18H,1-2,5-12,14H2,(H2,26,27,29). The summed E-state index contributed by atoms with van der Waals surface area (Å²) in [4.78, 5) is 23.2. The van der Waals surface area contributed by atoms with Crippen molar-refractivity contribution in [2.24, 2.45) is 23.7 Å². The van der Waals surface area contributed by atoms with E-state index < -0.39 is 0 Å². The van der Waals surface area contributed by atoms with Crippen molar-refractivity contribution in [2.75, 3.05) is 24.5 Å². The van der Waals surface area contributed by atoms with Crippen molar-refractivity contribution in [1.29, 1.82) is 5.26 Å². The molecule has 1 aromatic heterocycles. The van der Waals surface area contributed by atoms with Gasteiger partial charge in [-0.05, 0) is 75.0 Å². The summed E-state index contributed by atoms with van der Waals surface area (Å²) in [5.74, 6) is 3.66. The van der Waals surface area contributed by atoms with Crippen LogP contribution in [0.5, 0.6) is 0 Å². The summed E-state index contributed by atoms with van der Waals surface area (Å²) in [5.41, 5.74) is 0.459. The summed E-state index contributed by atoms with van der Waals surface area (Å²) >= 11 is 0. The van der Waals surface area contributed by atoms with E-state index in [9.17, 15) is 10.1 Å². The minimum Gasteiger partial charge on any atom is -0.354 e. The van der Waals surface area contributed by atoms with Gasteiger partial charge < -0.3 is 15.5 Å². The van der Waals surface area contributed by atoms with Crippen molar-refractivity contribution in [3.05, 3.63) is 18.1 Å². The molecule has 6 rings (SSSR count). The largest absolute Gasteiger partial charge is 0.354 e. The van der Waals surface area contributed by atoms with Crippen LogP contribution in [0, 0.1) is 35.0 Å². The number of rotatable bonds is 4. The molecule has 4 saturated carbocycles. The van der Waals surface area contributed by atoms with E-state index in [-0.39, 0.29) is 11.6 Å². The van der Waals surface area contributed by atoms with Crippen LogP contribution in [0.1, 0.15) is 57.1 Å². The van der Waals surface area contributed by atoms with Crippen LogP contribution in [0.3, 0.4) is 0 Å². The van der Waals surface area contributed by atoms with Crippen molar-refractivity contribution in [1.82, 2.24) is 20.6 Å². The molecule has 5 aliphatic rings. The van der Waals surface area contributed by atoms with E-state index >= 15 is 0 Å². The average Bonchev–Trinajstić information content (AvgIpc) is 2.71. The highest BCUT2D eigenvalue weighted by molar-refractivity contribution is 5.75. The van der Waals surface area contributed by atoms with Crippen LogP contribution in [-0.2, 0) is 0 Å². The molecule has 2 amide bonds. The molecule has 0 unspecified atom stereocenters. The van der Waals surface area contributed by atoms with E-state index in [4.69, 9.17) is 0 Å². The van der Waals surface area contributed by atoms with Crippen molar-refractivity contribution < 1.29 is 4.79 Å². The Morgan fingerprint density at radius 3 is 2.34 bits per heavy atom. The van der Waals surface area contributed by atoms with Gasteiger partial charge in [0.15, 0.2) is 11.5 Å². The van der Waals surface area contributed by atoms with Gasteiger partial charge in [-0.3, -0.25) is 0 Å². The van der Waals surface area contributed by atoms with Gasteiger partial charge in [0.2, 0.25) is 0 Å². The normalized spacial score (nSPS) is 33.3. The summed E-state index contributed by atoms with van der Waals surface area (Å²) in [6.07, 6.45) is 12.9. The van der Waals surface area contributed by atoms with Crippen molar-refractivity contribution >= 4 is 11.8 Å². The molecule has 2 N–H and O–H groups in total. The lowest BCUT2D eigenvalue weighted by Gasteiger charge is -2.56. The van der Waals surface area contributed by atoms with E-state index in [1.807, 2.05) is 0 Å². The molecule has 2 heterocycles. The van der Waals surface area contributed by atoms with Crippen LogP contribution < -0.4 is 15.5 Å². The maximum absolute atomic E-state index is 12.7. The molecule has 154 valence electrons. The number of hydrogen-bond acceptors (Lipinski definition) is 5. The Morgan fingerprint density at radius 2 is 1.72 bits per heavy atom. The summed E-state index contributed by atoms with van der Waals surface area (Å²) in [7, 11) is 0. The van der Waals surface area contributed by atoms with Crippen molar-refractivity contribution in [3.63, 3.8) is 0 Å². The summed E-state index contributed by atoms with van der Waals surface area (Å²) in [5, 5.41) is 15.8. The molecule has 1 aliphatic heterocycles. The van der Waals surface area contributed by atoms with Gasteiger partial charge in [0.25, 0.3) is 0 Å². The fraction of sp³-hybridized carbons (Fsp3) is 0.727. The van der Waals surface area contributed by atoms with Gasteiger partial charge in [0.1, 0.15) is 6.07 Å². The second kappa shape index (κ2) is 7.47. The maximum Gasteiger partial charge on any atom is 0.315 e. The Labute approximate surface area is 172 Å². The zero-order valence-corrected chi connectivity index (χ0v) is 16.9. The van der Waals surface area contributed by atoms with Gasteiger partial charge in [-0.1, -0.05) is 0 Å². The highest BCUT2D eigenvalue weighted by Gasteiger charge is 2.51. The quantitative estimate of drug-likeness (QED) is 0.819. The molecule has 5 fully saturated rings. The second-order valence-electron chi connectivity index (χ2n) is 9.80. The number of nitrogens with zero attached hydrogens (tertiary/aromatic N) is 4. The number of aromatic nitrogens is 2. The third-order valence-corrected chi connectivity index (χ3v) is 7.67. The Morgan fingerprint density at radius 1 is 1.10 bits per heavy atom. The number of carbonyl (C=O) groups is 1. The summed E-state index contributed by atoms with van der Waals surface area (Å²) < 4.78 is 0. The number of amides is 2. The minimum atomic E-state index is 0.0232. The first kappa shape index (κ1) is 18.7. The lowest BCUT2D eigenvalue weighted by molar-refractivity contribution is -0.0135. The van der Waals surface area contributed by atoms with Crippen LogP contribution in [0.25, 0.3) is 0 Å². The molecule has 0 atom stereocenters. The Hall–Kier alpha value is -2.36. The Kier molecular flexibility index (Phi) is 4.81. The zero-order valence-electron chi connectivity index (χ0n) is 16.9. The average molecular weight is 395 g/mol. The molecular formula is C22H30N6O. The first-order valence-corrected chi connectivity index (χ1v) is 11.1. The molecule has 0 aromatic carbocycles. The zero-order chi connectivity index (χ0) is 19.8. The number of hydrogen-bond donors (Lipinski definition) is 2. The van der Waals surface area contributed by atoms with Crippen molar-refractivity contribution in [3.8, 4) is 6.07 Å². The van der Waals surface area contributed by atoms with Gasteiger partial charge in [-0.2, -0.15) is 5.26 Å². The third-order valence-electron chi connectivity index (χ3n) is 7.67. The molecule has 29 heavy (non-hydrogen) atoms. The number of urea groups is 1. The molecular weight excluding hydrogens is 364 g/mol. The van der Waals surface area contributed by atoms with Gasteiger partial charge >= 0.3 is 6.03 Å². The molecule has 1 saturated heterocycles. The number of nitriles is 1. The maximum atomic E-state index is 12.7. The van der Waals surface area contributed by atoms with E-state index in [1.54, 1.807) is 12.4 Å². The SMILES string of the molecule is N#Cc1nccnc1N1CCC(CNC(=O)NC23CC4CC(CC(C4)C2)C3)CC1. The van der Waals surface area contributed by atoms with Gasteiger partial charge in [0, 0.05) is 37.6 Å². The van der Waals surface area contributed by atoms with Crippen LogP contribution in [0.15, 0.2) is 12.4 Å². The molecule has 7 nitrogen and oxygen atoms in total. The number of carbonyl (C=O) groups excluding carboxylic acids is 1. The van der Waals surface area contributed by atoms with Gasteiger partial charge in [-0.25, -0.2) is 14.8 Å². The summed E-state index contributed by atoms with van der Waals surface area (Å²) in [6, 6.07) is 2.15. The fourth-order valence-corrected chi connectivity index (χ4v) is 6.78. The van der Waals surface area contributed by atoms with Gasteiger partial charge in [0.05, 0.1) is 0 Å². The molecule has 4 bridgehead atoms.